The standard InChI is InChI=1S/C15H14ClF2N/c1-9-3-5-10(6-4-9)15(19-2)11-7-14(18)12(16)8-13(11)17/h3-8,15,19H,1-2H3. The van der Waals surface area contributed by atoms with Crippen molar-refractivity contribution in [1.82, 2.24) is 5.32 Å². The number of hydrogen-bond acceptors (Lipinski definition) is 1. The maximum absolute atomic E-state index is 13.9. The van der Waals surface area contributed by atoms with E-state index in [1.54, 1.807) is 7.05 Å². The highest BCUT2D eigenvalue weighted by Crippen LogP contribution is 2.28. The molecule has 0 fully saturated rings. The number of rotatable bonds is 3. The molecule has 2 aromatic rings. The summed E-state index contributed by atoms with van der Waals surface area (Å²) in [7, 11) is 1.70. The van der Waals surface area contributed by atoms with Crippen LogP contribution in [-0.4, -0.2) is 7.05 Å². The second kappa shape index (κ2) is 5.68. The molecule has 0 heterocycles. The summed E-state index contributed by atoms with van der Waals surface area (Å²) in [6.45, 7) is 1.97. The number of nitrogens with one attached hydrogen (secondary N) is 1. The van der Waals surface area contributed by atoms with Crippen molar-refractivity contribution < 1.29 is 8.78 Å². The lowest BCUT2D eigenvalue weighted by Gasteiger charge is -2.18. The zero-order chi connectivity index (χ0) is 14.0. The normalized spacial score (nSPS) is 12.5. The van der Waals surface area contributed by atoms with Crippen LogP contribution in [0.3, 0.4) is 0 Å². The van der Waals surface area contributed by atoms with Crippen molar-refractivity contribution in [2.24, 2.45) is 0 Å². The fourth-order valence-corrected chi connectivity index (χ4v) is 2.17. The van der Waals surface area contributed by atoms with Gasteiger partial charge in [0.25, 0.3) is 0 Å². The van der Waals surface area contributed by atoms with Crippen molar-refractivity contribution in [3.8, 4) is 0 Å². The molecular weight excluding hydrogens is 268 g/mol. The Bertz CT molecular complexity index is 581. The molecule has 0 aliphatic heterocycles. The second-order valence-corrected chi connectivity index (χ2v) is 4.83. The van der Waals surface area contributed by atoms with Gasteiger partial charge in [-0.25, -0.2) is 8.78 Å². The Balaban J connectivity index is 2.47. The summed E-state index contributed by atoms with van der Waals surface area (Å²) in [6, 6.07) is 9.38. The van der Waals surface area contributed by atoms with Gasteiger partial charge in [-0.05, 0) is 31.7 Å². The molecule has 0 aromatic heterocycles. The summed E-state index contributed by atoms with van der Waals surface area (Å²) in [5.74, 6) is -1.14. The molecule has 100 valence electrons. The third kappa shape index (κ3) is 2.94. The van der Waals surface area contributed by atoms with Crippen LogP contribution in [-0.2, 0) is 0 Å². The molecule has 19 heavy (non-hydrogen) atoms. The maximum Gasteiger partial charge on any atom is 0.142 e. The summed E-state index contributed by atoms with van der Waals surface area (Å²) in [5.41, 5.74) is 2.23. The van der Waals surface area contributed by atoms with E-state index in [0.717, 1.165) is 23.3 Å². The number of hydrogen-bond donors (Lipinski definition) is 1. The van der Waals surface area contributed by atoms with Crippen molar-refractivity contribution in [2.45, 2.75) is 13.0 Å². The zero-order valence-electron chi connectivity index (χ0n) is 10.7. The first kappa shape index (κ1) is 14.0. The SMILES string of the molecule is CNC(c1ccc(C)cc1)c1cc(F)c(Cl)cc1F. The second-order valence-electron chi connectivity index (χ2n) is 4.42. The number of halogens is 3. The van der Waals surface area contributed by atoms with Gasteiger partial charge in [0.05, 0.1) is 11.1 Å². The van der Waals surface area contributed by atoms with Gasteiger partial charge in [0.1, 0.15) is 11.6 Å². The van der Waals surface area contributed by atoms with E-state index in [2.05, 4.69) is 5.32 Å². The van der Waals surface area contributed by atoms with E-state index in [0.29, 0.717) is 0 Å². The lowest BCUT2D eigenvalue weighted by molar-refractivity contribution is 0.558. The Labute approximate surface area is 116 Å². The van der Waals surface area contributed by atoms with Crippen LogP contribution in [0.2, 0.25) is 5.02 Å². The van der Waals surface area contributed by atoms with Crippen LogP contribution < -0.4 is 5.32 Å². The van der Waals surface area contributed by atoms with Gasteiger partial charge in [0.15, 0.2) is 0 Å². The summed E-state index contributed by atoms with van der Waals surface area (Å²) < 4.78 is 27.5. The molecule has 0 spiro atoms. The first-order valence-corrected chi connectivity index (χ1v) is 6.29. The van der Waals surface area contributed by atoms with Gasteiger partial charge >= 0.3 is 0 Å². The minimum absolute atomic E-state index is 0.208. The maximum atomic E-state index is 13.9. The highest BCUT2D eigenvalue weighted by molar-refractivity contribution is 6.30. The third-order valence-electron chi connectivity index (χ3n) is 3.05. The fraction of sp³-hybridized carbons (Fsp3) is 0.200. The van der Waals surface area contributed by atoms with E-state index in [1.165, 1.54) is 0 Å². The van der Waals surface area contributed by atoms with E-state index in [1.807, 2.05) is 31.2 Å². The lowest BCUT2D eigenvalue weighted by atomic mass is 9.97. The van der Waals surface area contributed by atoms with Crippen molar-refractivity contribution in [2.75, 3.05) is 7.05 Å². The third-order valence-corrected chi connectivity index (χ3v) is 3.34. The van der Waals surface area contributed by atoms with Crippen molar-refractivity contribution in [3.05, 3.63) is 69.7 Å². The van der Waals surface area contributed by atoms with E-state index < -0.39 is 17.7 Å². The first-order chi connectivity index (χ1) is 9.02. The van der Waals surface area contributed by atoms with Crippen LogP contribution >= 0.6 is 11.6 Å². The summed E-state index contributed by atoms with van der Waals surface area (Å²) in [4.78, 5) is 0. The summed E-state index contributed by atoms with van der Waals surface area (Å²) in [5, 5.41) is 2.78. The Morgan fingerprint density at radius 2 is 1.68 bits per heavy atom. The van der Waals surface area contributed by atoms with Crippen LogP contribution in [0, 0.1) is 18.6 Å². The molecule has 1 N–H and O–H groups in total. The van der Waals surface area contributed by atoms with Gasteiger partial charge in [0.2, 0.25) is 0 Å². The Morgan fingerprint density at radius 3 is 2.26 bits per heavy atom. The van der Waals surface area contributed by atoms with Crippen molar-refractivity contribution in [3.63, 3.8) is 0 Å². The quantitative estimate of drug-likeness (QED) is 0.830. The Hall–Kier alpha value is -1.45. The highest BCUT2D eigenvalue weighted by atomic mass is 35.5. The van der Waals surface area contributed by atoms with Gasteiger partial charge < -0.3 is 5.32 Å². The molecule has 0 amide bonds. The molecule has 0 aliphatic carbocycles. The van der Waals surface area contributed by atoms with Gasteiger partial charge in [0, 0.05) is 5.56 Å². The Morgan fingerprint density at radius 1 is 1.05 bits per heavy atom. The minimum atomic E-state index is -0.620. The van der Waals surface area contributed by atoms with E-state index in [4.69, 9.17) is 11.6 Å². The topological polar surface area (TPSA) is 12.0 Å². The minimum Gasteiger partial charge on any atom is -0.309 e. The molecule has 0 saturated heterocycles. The van der Waals surface area contributed by atoms with Gasteiger partial charge in [-0.3, -0.25) is 0 Å². The average molecular weight is 282 g/mol. The van der Waals surface area contributed by atoms with E-state index in [9.17, 15) is 8.78 Å². The van der Waals surface area contributed by atoms with Crippen LogP contribution in [0.5, 0.6) is 0 Å². The largest absolute Gasteiger partial charge is 0.309 e. The molecular formula is C15H14ClF2N. The van der Waals surface area contributed by atoms with Crippen LogP contribution in [0.15, 0.2) is 36.4 Å². The molecule has 0 aliphatic rings. The average Bonchev–Trinajstić information content (AvgIpc) is 2.38. The van der Waals surface area contributed by atoms with E-state index >= 15 is 0 Å². The molecule has 1 nitrogen and oxygen atoms in total. The molecule has 1 atom stereocenters. The molecule has 0 bridgehead atoms. The molecule has 1 unspecified atom stereocenters. The lowest BCUT2D eigenvalue weighted by Crippen LogP contribution is -2.19. The predicted molar refractivity (Wildman–Crippen MR) is 73.4 cm³/mol. The smallest absolute Gasteiger partial charge is 0.142 e. The fourth-order valence-electron chi connectivity index (χ4n) is 2.02. The predicted octanol–water partition coefficient (Wildman–Crippen LogP) is 4.24. The van der Waals surface area contributed by atoms with Crippen molar-refractivity contribution >= 4 is 11.6 Å². The summed E-state index contributed by atoms with van der Waals surface area (Å²) >= 11 is 5.57. The highest BCUT2D eigenvalue weighted by Gasteiger charge is 2.18. The number of benzene rings is 2. The van der Waals surface area contributed by atoms with E-state index in [-0.39, 0.29) is 10.6 Å². The number of aryl methyl sites for hydroxylation is 1. The van der Waals surface area contributed by atoms with Gasteiger partial charge in [-0.1, -0.05) is 41.4 Å². The molecule has 2 rings (SSSR count). The van der Waals surface area contributed by atoms with Crippen LogP contribution in [0.4, 0.5) is 8.78 Å². The Kier molecular flexibility index (Phi) is 4.17. The molecule has 0 radical (unpaired) electrons. The molecule has 0 saturated carbocycles. The van der Waals surface area contributed by atoms with Crippen LogP contribution in [0.25, 0.3) is 0 Å². The molecule has 2 aromatic carbocycles. The van der Waals surface area contributed by atoms with Crippen LogP contribution in [0.1, 0.15) is 22.7 Å². The zero-order valence-corrected chi connectivity index (χ0v) is 11.4. The summed E-state index contributed by atoms with van der Waals surface area (Å²) in [6.07, 6.45) is 0. The van der Waals surface area contributed by atoms with Crippen molar-refractivity contribution in [1.29, 1.82) is 0 Å². The first-order valence-electron chi connectivity index (χ1n) is 5.91. The van der Waals surface area contributed by atoms with Gasteiger partial charge in [-0.15, -0.1) is 0 Å². The van der Waals surface area contributed by atoms with Gasteiger partial charge in [-0.2, -0.15) is 0 Å². The monoisotopic (exact) mass is 281 g/mol. The molecule has 4 heteroatoms.